The highest BCUT2D eigenvalue weighted by Crippen LogP contribution is 2.30. The Labute approximate surface area is 95.4 Å². The van der Waals surface area contributed by atoms with E-state index in [1.54, 1.807) is 11.3 Å². The Hall–Kier alpha value is -0.410. The van der Waals surface area contributed by atoms with Gasteiger partial charge in [-0.25, -0.2) is 4.98 Å². The maximum atomic E-state index is 10.1. The highest BCUT2D eigenvalue weighted by molar-refractivity contribution is 7.11. The number of hydrogen-bond acceptors (Lipinski definition) is 3. The van der Waals surface area contributed by atoms with Gasteiger partial charge in [-0.15, -0.1) is 11.3 Å². The van der Waals surface area contributed by atoms with Gasteiger partial charge in [0.2, 0.25) is 0 Å². The SMILES string of the molecule is Cc1nc(CC(O)C2CCCC2)sc1C. The smallest absolute Gasteiger partial charge is 0.0956 e. The second-order valence-corrected chi connectivity index (χ2v) is 5.85. The number of aliphatic hydroxyl groups excluding tert-OH is 1. The van der Waals surface area contributed by atoms with E-state index < -0.39 is 0 Å². The lowest BCUT2D eigenvalue weighted by Crippen LogP contribution is -2.20. The van der Waals surface area contributed by atoms with Crippen molar-refractivity contribution in [2.45, 2.75) is 52.1 Å². The largest absolute Gasteiger partial charge is 0.392 e. The van der Waals surface area contributed by atoms with E-state index in [2.05, 4.69) is 11.9 Å². The second-order valence-electron chi connectivity index (χ2n) is 4.57. The van der Waals surface area contributed by atoms with Crippen LogP contribution in [0.25, 0.3) is 0 Å². The monoisotopic (exact) mass is 225 g/mol. The first-order chi connectivity index (χ1) is 7.16. The molecular weight excluding hydrogens is 206 g/mol. The molecule has 0 amide bonds. The van der Waals surface area contributed by atoms with Gasteiger partial charge in [-0.05, 0) is 32.6 Å². The van der Waals surface area contributed by atoms with Crippen LogP contribution in [0.15, 0.2) is 0 Å². The fourth-order valence-electron chi connectivity index (χ4n) is 2.31. The molecule has 15 heavy (non-hydrogen) atoms. The lowest BCUT2D eigenvalue weighted by atomic mass is 9.99. The summed E-state index contributed by atoms with van der Waals surface area (Å²) in [5.41, 5.74) is 1.12. The fourth-order valence-corrected chi connectivity index (χ4v) is 3.30. The van der Waals surface area contributed by atoms with Crippen molar-refractivity contribution in [1.82, 2.24) is 4.98 Å². The Morgan fingerprint density at radius 1 is 1.40 bits per heavy atom. The van der Waals surface area contributed by atoms with E-state index in [4.69, 9.17) is 0 Å². The van der Waals surface area contributed by atoms with Gasteiger partial charge >= 0.3 is 0 Å². The molecule has 1 unspecified atom stereocenters. The summed E-state index contributed by atoms with van der Waals surface area (Å²) in [5, 5.41) is 11.2. The number of aromatic nitrogens is 1. The Morgan fingerprint density at radius 2 is 2.07 bits per heavy atom. The van der Waals surface area contributed by atoms with Gasteiger partial charge in [0.05, 0.1) is 16.8 Å². The normalized spacial score (nSPS) is 19.7. The standard InChI is InChI=1S/C12H19NOS/c1-8-9(2)15-12(13-8)7-11(14)10-5-3-4-6-10/h10-11,14H,3-7H2,1-2H3. The summed E-state index contributed by atoms with van der Waals surface area (Å²) in [6.45, 7) is 4.13. The van der Waals surface area contributed by atoms with Crippen LogP contribution in [-0.2, 0) is 6.42 Å². The van der Waals surface area contributed by atoms with Crippen molar-refractivity contribution in [1.29, 1.82) is 0 Å². The van der Waals surface area contributed by atoms with Gasteiger partial charge in [-0.3, -0.25) is 0 Å². The van der Waals surface area contributed by atoms with Crippen LogP contribution in [0.5, 0.6) is 0 Å². The van der Waals surface area contributed by atoms with Crippen molar-refractivity contribution in [3.8, 4) is 0 Å². The van der Waals surface area contributed by atoms with Gasteiger partial charge in [0, 0.05) is 11.3 Å². The van der Waals surface area contributed by atoms with Gasteiger partial charge in [0.15, 0.2) is 0 Å². The first-order valence-electron chi connectivity index (χ1n) is 5.78. The zero-order chi connectivity index (χ0) is 10.8. The molecular formula is C12H19NOS. The van der Waals surface area contributed by atoms with Gasteiger partial charge in [0.25, 0.3) is 0 Å². The van der Waals surface area contributed by atoms with Crippen molar-refractivity contribution >= 4 is 11.3 Å². The minimum absolute atomic E-state index is 0.169. The molecule has 1 saturated carbocycles. The number of thiazole rings is 1. The molecule has 0 radical (unpaired) electrons. The van der Waals surface area contributed by atoms with Crippen LogP contribution in [0, 0.1) is 19.8 Å². The molecule has 1 aliphatic carbocycles. The van der Waals surface area contributed by atoms with E-state index in [1.165, 1.54) is 30.6 Å². The number of aliphatic hydroxyl groups is 1. The van der Waals surface area contributed by atoms with Gasteiger partial charge < -0.3 is 5.11 Å². The van der Waals surface area contributed by atoms with Crippen LogP contribution in [0.3, 0.4) is 0 Å². The zero-order valence-corrected chi connectivity index (χ0v) is 10.3. The summed E-state index contributed by atoms with van der Waals surface area (Å²) < 4.78 is 0. The molecule has 0 bridgehead atoms. The van der Waals surface area contributed by atoms with Crippen LogP contribution in [0.1, 0.15) is 41.3 Å². The van der Waals surface area contributed by atoms with Crippen molar-refractivity contribution in [2.75, 3.05) is 0 Å². The maximum Gasteiger partial charge on any atom is 0.0956 e. The molecule has 1 atom stereocenters. The minimum atomic E-state index is -0.169. The van der Waals surface area contributed by atoms with Crippen LogP contribution in [0.4, 0.5) is 0 Å². The lowest BCUT2D eigenvalue weighted by molar-refractivity contribution is 0.111. The Bertz CT molecular complexity index is 309. The first-order valence-corrected chi connectivity index (χ1v) is 6.59. The molecule has 0 aliphatic heterocycles. The van der Waals surface area contributed by atoms with Crippen LogP contribution in [0.2, 0.25) is 0 Å². The predicted octanol–water partition coefficient (Wildman–Crippen LogP) is 2.85. The summed E-state index contributed by atoms with van der Waals surface area (Å²) >= 11 is 1.73. The van der Waals surface area contributed by atoms with E-state index >= 15 is 0 Å². The van der Waals surface area contributed by atoms with E-state index in [0.717, 1.165) is 17.1 Å². The molecule has 1 aromatic rings. The lowest BCUT2D eigenvalue weighted by Gasteiger charge is -2.15. The van der Waals surface area contributed by atoms with E-state index in [0.29, 0.717) is 5.92 Å². The molecule has 2 nitrogen and oxygen atoms in total. The first kappa shape index (κ1) is 11.1. The summed E-state index contributed by atoms with van der Waals surface area (Å²) in [6.07, 6.45) is 5.56. The molecule has 0 spiro atoms. The number of hydrogen-bond donors (Lipinski definition) is 1. The van der Waals surface area contributed by atoms with Crippen molar-refractivity contribution in [3.63, 3.8) is 0 Å². The third kappa shape index (κ3) is 2.58. The van der Waals surface area contributed by atoms with E-state index in [9.17, 15) is 5.11 Å². The van der Waals surface area contributed by atoms with Crippen LogP contribution in [-0.4, -0.2) is 16.2 Å². The van der Waals surface area contributed by atoms with Gasteiger partial charge in [0.1, 0.15) is 0 Å². The third-order valence-corrected chi connectivity index (χ3v) is 4.50. The summed E-state index contributed by atoms with van der Waals surface area (Å²) in [4.78, 5) is 5.76. The average Bonchev–Trinajstić information content (AvgIpc) is 2.77. The highest BCUT2D eigenvalue weighted by atomic mass is 32.1. The molecule has 0 saturated heterocycles. The summed E-state index contributed by atoms with van der Waals surface area (Å²) in [7, 11) is 0. The highest BCUT2D eigenvalue weighted by Gasteiger charge is 2.24. The Balaban J connectivity index is 1.95. The number of nitrogens with zero attached hydrogens (tertiary/aromatic N) is 1. The van der Waals surface area contributed by atoms with Crippen molar-refractivity contribution < 1.29 is 5.11 Å². The molecule has 1 fully saturated rings. The van der Waals surface area contributed by atoms with Crippen LogP contribution >= 0.6 is 11.3 Å². The van der Waals surface area contributed by atoms with Crippen molar-refractivity contribution in [2.24, 2.45) is 5.92 Å². The summed E-state index contributed by atoms with van der Waals surface area (Å²) in [5.74, 6) is 0.523. The molecule has 1 aromatic heterocycles. The molecule has 1 N–H and O–H groups in total. The molecule has 3 heteroatoms. The number of rotatable bonds is 3. The molecule has 2 rings (SSSR count). The van der Waals surface area contributed by atoms with Crippen LogP contribution < -0.4 is 0 Å². The Kier molecular flexibility index (Phi) is 3.42. The molecule has 0 aromatic carbocycles. The zero-order valence-electron chi connectivity index (χ0n) is 9.49. The predicted molar refractivity (Wildman–Crippen MR) is 63.3 cm³/mol. The second kappa shape index (κ2) is 4.62. The maximum absolute atomic E-state index is 10.1. The fraction of sp³-hybridized carbons (Fsp3) is 0.750. The number of aryl methyl sites for hydroxylation is 2. The summed E-state index contributed by atoms with van der Waals surface area (Å²) in [6, 6.07) is 0. The molecule has 84 valence electrons. The van der Waals surface area contributed by atoms with Gasteiger partial charge in [-0.2, -0.15) is 0 Å². The molecule has 1 aliphatic rings. The third-order valence-electron chi connectivity index (χ3n) is 3.40. The average molecular weight is 225 g/mol. The molecule has 1 heterocycles. The van der Waals surface area contributed by atoms with Gasteiger partial charge in [-0.1, -0.05) is 12.8 Å². The minimum Gasteiger partial charge on any atom is -0.392 e. The van der Waals surface area contributed by atoms with E-state index in [-0.39, 0.29) is 6.10 Å². The topological polar surface area (TPSA) is 33.1 Å². The van der Waals surface area contributed by atoms with Crippen molar-refractivity contribution in [3.05, 3.63) is 15.6 Å². The quantitative estimate of drug-likeness (QED) is 0.858. The Morgan fingerprint density at radius 3 is 2.60 bits per heavy atom. The van der Waals surface area contributed by atoms with E-state index in [1.807, 2.05) is 6.92 Å².